The van der Waals surface area contributed by atoms with E-state index in [-0.39, 0.29) is 17.2 Å². The first-order valence-corrected chi connectivity index (χ1v) is 9.35. The first-order chi connectivity index (χ1) is 13.8. The number of nitrogens with one attached hydrogen (secondary N) is 1. The maximum Gasteiger partial charge on any atom is 0.254 e. The quantitative estimate of drug-likeness (QED) is 0.725. The highest BCUT2D eigenvalue weighted by Gasteiger charge is 2.27. The molecule has 0 spiro atoms. The predicted octanol–water partition coefficient (Wildman–Crippen LogP) is 3.87. The standard InChI is InChI=1S/C21H22F2N4O2/c1-11-12(2)27-10-13(21(28)26(3)4)7-17(20(27)24-11)25-16-5-6-29-18-9-14(22)8-15(23)19(16)18/h7-10,16,25H,5-6H2,1-4H3. The van der Waals surface area contributed by atoms with Crippen molar-refractivity contribution in [2.45, 2.75) is 26.3 Å². The molecule has 8 heteroatoms. The number of hydrogen-bond donors (Lipinski definition) is 1. The number of nitrogens with zero attached hydrogens (tertiary/aromatic N) is 3. The molecule has 0 aliphatic carbocycles. The first kappa shape index (κ1) is 19.2. The van der Waals surface area contributed by atoms with Crippen molar-refractivity contribution in [3.8, 4) is 5.75 Å². The lowest BCUT2D eigenvalue weighted by Gasteiger charge is -2.28. The van der Waals surface area contributed by atoms with Crippen molar-refractivity contribution in [2.75, 3.05) is 26.0 Å². The van der Waals surface area contributed by atoms with Crippen LogP contribution in [0.5, 0.6) is 5.75 Å². The number of anilines is 1. The lowest BCUT2D eigenvalue weighted by atomic mass is 9.99. The Kier molecular flexibility index (Phi) is 4.64. The number of rotatable bonds is 3. The summed E-state index contributed by atoms with van der Waals surface area (Å²) in [5.74, 6) is -1.30. The second kappa shape index (κ2) is 7.02. The Balaban J connectivity index is 1.83. The fourth-order valence-corrected chi connectivity index (χ4v) is 3.63. The lowest BCUT2D eigenvalue weighted by molar-refractivity contribution is 0.0827. The molecule has 3 heterocycles. The van der Waals surface area contributed by atoms with Crippen molar-refractivity contribution < 1.29 is 18.3 Å². The third-order valence-electron chi connectivity index (χ3n) is 5.25. The zero-order chi connectivity index (χ0) is 20.9. The van der Waals surface area contributed by atoms with Gasteiger partial charge in [0.25, 0.3) is 5.91 Å². The third-order valence-corrected chi connectivity index (χ3v) is 5.25. The second-order valence-electron chi connectivity index (χ2n) is 7.45. The molecule has 1 N–H and O–H groups in total. The number of aryl methyl sites for hydroxylation is 2. The number of benzene rings is 1. The summed E-state index contributed by atoms with van der Waals surface area (Å²) in [5.41, 5.74) is 3.76. The molecular formula is C21H22F2N4O2. The minimum atomic E-state index is -0.678. The molecular weight excluding hydrogens is 378 g/mol. The number of halogens is 2. The van der Waals surface area contributed by atoms with Crippen molar-refractivity contribution in [3.05, 3.63) is 58.5 Å². The van der Waals surface area contributed by atoms with Gasteiger partial charge in [0.1, 0.15) is 17.4 Å². The zero-order valence-electron chi connectivity index (χ0n) is 16.7. The van der Waals surface area contributed by atoms with E-state index >= 15 is 0 Å². The largest absolute Gasteiger partial charge is 0.493 e. The molecule has 0 fully saturated rings. The van der Waals surface area contributed by atoms with Crippen LogP contribution in [0, 0.1) is 25.5 Å². The van der Waals surface area contributed by atoms with Crippen LogP contribution in [0.2, 0.25) is 0 Å². The highest BCUT2D eigenvalue weighted by Crippen LogP contribution is 2.38. The maximum absolute atomic E-state index is 14.5. The van der Waals surface area contributed by atoms with Gasteiger partial charge < -0.3 is 19.4 Å². The number of amides is 1. The third kappa shape index (κ3) is 3.28. The van der Waals surface area contributed by atoms with E-state index in [0.717, 1.165) is 17.5 Å². The SMILES string of the molecule is Cc1nc2c(NC3CCOc4cc(F)cc(F)c43)cc(C(=O)N(C)C)cn2c1C. The van der Waals surface area contributed by atoms with Gasteiger partial charge in [-0.1, -0.05) is 0 Å². The Morgan fingerprint density at radius 1 is 1.28 bits per heavy atom. The molecule has 0 bridgehead atoms. The van der Waals surface area contributed by atoms with Crippen LogP contribution in [0.15, 0.2) is 24.4 Å². The van der Waals surface area contributed by atoms with E-state index in [0.29, 0.717) is 29.9 Å². The molecule has 152 valence electrons. The molecule has 29 heavy (non-hydrogen) atoms. The summed E-state index contributed by atoms with van der Waals surface area (Å²) in [6.45, 7) is 4.15. The minimum Gasteiger partial charge on any atom is -0.493 e. The van der Waals surface area contributed by atoms with E-state index in [1.54, 1.807) is 26.4 Å². The van der Waals surface area contributed by atoms with E-state index in [4.69, 9.17) is 4.74 Å². The molecule has 2 aromatic heterocycles. The van der Waals surface area contributed by atoms with Gasteiger partial charge in [-0.3, -0.25) is 4.79 Å². The number of pyridine rings is 1. The Morgan fingerprint density at radius 3 is 2.76 bits per heavy atom. The van der Waals surface area contributed by atoms with Crippen LogP contribution in [-0.4, -0.2) is 40.9 Å². The van der Waals surface area contributed by atoms with Gasteiger partial charge in [-0.25, -0.2) is 13.8 Å². The zero-order valence-corrected chi connectivity index (χ0v) is 16.7. The number of aromatic nitrogens is 2. The van der Waals surface area contributed by atoms with Crippen molar-refractivity contribution >= 4 is 17.2 Å². The van der Waals surface area contributed by atoms with Gasteiger partial charge in [-0.15, -0.1) is 0 Å². The molecule has 3 aromatic rings. The van der Waals surface area contributed by atoms with Crippen LogP contribution in [0.4, 0.5) is 14.5 Å². The molecule has 0 saturated carbocycles. The van der Waals surface area contributed by atoms with Gasteiger partial charge in [0, 0.05) is 44.5 Å². The van der Waals surface area contributed by atoms with E-state index in [1.807, 2.05) is 18.2 Å². The Bertz CT molecular complexity index is 1120. The van der Waals surface area contributed by atoms with Crippen molar-refractivity contribution in [1.82, 2.24) is 14.3 Å². The van der Waals surface area contributed by atoms with Crippen molar-refractivity contribution in [3.63, 3.8) is 0 Å². The Hall–Kier alpha value is -3.16. The molecule has 1 aromatic carbocycles. The normalized spacial score (nSPS) is 15.7. The molecule has 6 nitrogen and oxygen atoms in total. The van der Waals surface area contributed by atoms with Crippen LogP contribution in [-0.2, 0) is 0 Å². The van der Waals surface area contributed by atoms with E-state index in [9.17, 15) is 13.6 Å². The summed E-state index contributed by atoms with van der Waals surface area (Å²) < 4.78 is 35.4. The second-order valence-corrected chi connectivity index (χ2v) is 7.45. The number of fused-ring (bicyclic) bond motifs is 2. The van der Waals surface area contributed by atoms with Gasteiger partial charge in [-0.05, 0) is 19.9 Å². The monoisotopic (exact) mass is 400 g/mol. The summed E-state index contributed by atoms with van der Waals surface area (Å²) in [6.07, 6.45) is 2.25. The summed E-state index contributed by atoms with van der Waals surface area (Å²) in [6, 6.07) is 3.33. The van der Waals surface area contributed by atoms with Crippen LogP contribution < -0.4 is 10.1 Å². The van der Waals surface area contributed by atoms with Crippen LogP contribution >= 0.6 is 0 Å². The van der Waals surface area contributed by atoms with Crippen LogP contribution in [0.25, 0.3) is 5.65 Å². The number of carbonyl (C=O) groups excluding carboxylic acids is 1. The molecule has 4 rings (SSSR count). The molecule has 0 radical (unpaired) electrons. The number of hydrogen-bond acceptors (Lipinski definition) is 4. The fourth-order valence-electron chi connectivity index (χ4n) is 3.63. The summed E-state index contributed by atoms with van der Waals surface area (Å²) in [5, 5.41) is 3.32. The summed E-state index contributed by atoms with van der Waals surface area (Å²) >= 11 is 0. The minimum absolute atomic E-state index is 0.152. The summed E-state index contributed by atoms with van der Waals surface area (Å²) in [4.78, 5) is 18.7. The predicted molar refractivity (Wildman–Crippen MR) is 106 cm³/mol. The topological polar surface area (TPSA) is 58.9 Å². The molecule has 1 atom stereocenters. The van der Waals surface area contributed by atoms with E-state index in [1.165, 1.54) is 11.0 Å². The number of carbonyl (C=O) groups is 1. The number of imidazole rings is 1. The Labute approximate surface area is 167 Å². The summed E-state index contributed by atoms with van der Waals surface area (Å²) in [7, 11) is 3.37. The van der Waals surface area contributed by atoms with Gasteiger partial charge >= 0.3 is 0 Å². The van der Waals surface area contributed by atoms with E-state index in [2.05, 4.69) is 10.3 Å². The highest BCUT2D eigenvalue weighted by molar-refractivity contribution is 5.95. The van der Waals surface area contributed by atoms with Gasteiger partial charge in [0.15, 0.2) is 5.65 Å². The molecule has 1 amide bonds. The van der Waals surface area contributed by atoms with Crippen LogP contribution in [0.3, 0.4) is 0 Å². The molecule has 1 aliphatic heterocycles. The number of ether oxygens (including phenoxy) is 1. The van der Waals surface area contributed by atoms with Crippen molar-refractivity contribution in [1.29, 1.82) is 0 Å². The Morgan fingerprint density at radius 2 is 2.03 bits per heavy atom. The lowest BCUT2D eigenvalue weighted by Crippen LogP contribution is -2.24. The smallest absolute Gasteiger partial charge is 0.254 e. The van der Waals surface area contributed by atoms with Gasteiger partial charge in [-0.2, -0.15) is 0 Å². The first-order valence-electron chi connectivity index (χ1n) is 9.35. The fraction of sp³-hybridized carbons (Fsp3) is 0.333. The van der Waals surface area contributed by atoms with Gasteiger partial charge in [0.2, 0.25) is 0 Å². The average molecular weight is 400 g/mol. The molecule has 1 aliphatic rings. The highest BCUT2D eigenvalue weighted by atomic mass is 19.1. The average Bonchev–Trinajstić information content (AvgIpc) is 2.95. The van der Waals surface area contributed by atoms with Crippen LogP contribution in [0.1, 0.15) is 39.8 Å². The van der Waals surface area contributed by atoms with Crippen molar-refractivity contribution in [2.24, 2.45) is 0 Å². The van der Waals surface area contributed by atoms with E-state index < -0.39 is 17.7 Å². The molecule has 1 unspecified atom stereocenters. The molecule has 0 saturated heterocycles. The maximum atomic E-state index is 14.5. The van der Waals surface area contributed by atoms with Gasteiger partial charge in [0.05, 0.1) is 35.2 Å².